The van der Waals surface area contributed by atoms with Gasteiger partial charge in [0.1, 0.15) is 6.04 Å². The van der Waals surface area contributed by atoms with Gasteiger partial charge in [-0.15, -0.1) is 21.5 Å². The first-order chi connectivity index (χ1) is 10.3. The molecule has 0 saturated carbocycles. The van der Waals surface area contributed by atoms with Crippen molar-refractivity contribution in [2.75, 3.05) is 13.7 Å². The molecule has 7 heteroatoms. The third-order valence-corrected chi connectivity index (χ3v) is 4.48. The molecule has 2 aromatic rings. The number of nitrogens with zero attached hydrogens (tertiary/aromatic N) is 3. The van der Waals surface area contributed by atoms with Crippen LogP contribution in [0.1, 0.15) is 25.2 Å². The molecule has 112 valence electrons. The van der Waals surface area contributed by atoms with Crippen LogP contribution < -0.4 is 0 Å². The van der Waals surface area contributed by atoms with Crippen molar-refractivity contribution in [2.45, 2.75) is 31.8 Å². The second kappa shape index (κ2) is 6.36. The van der Waals surface area contributed by atoms with Gasteiger partial charge >= 0.3 is 5.97 Å². The van der Waals surface area contributed by atoms with Gasteiger partial charge in [0.25, 0.3) is 5.89 Å². The first-order valence-electron chi connectivity index (χ1n) is 6.96. The zero-order chi connectivity index (χ0) is 14.7. The Morgan fingerprint density at radius 2 is 2.43 bits per heavy atom. The van der Waals surface area contributed by atoms with E-state index in [0.717, 1.165) is 30.7 Å². The molecule has 3 rings (SSSR count). The van der Waals surface area contributed by atoms with Gasteiger partial charge in [-0.25, -0.2) is 0 Å². The summed E-state index contributed by atoms with van der Waals surface area (Å²) in [5.74, 6) is 0.883. The molecule has 0 bridgehead atoms. The molecule has 2 aromatic heterocycles. The molecule has 3 heterocycles. The maximum atomic E-state index is 11.8. The van der Waals surface area contributed by atoms with E-state index in [1.165, 1.54) is 7.11 Å². The van der Waals surface area contributed by atoms with Crippen molar-refractivity contribution in [1.82, 2.24) is 15.1 Å². The van der Waals surface area contributed by atoms with Gasteiger partial charge in [0.15, 0.2) is 0 Å². The molecule has 1 saturated heterocycles. The van der Waals surface area contributed by atoms with Crippen LogP contribution in [0.5, 0.6) is 0 Å². The molecule has 0 amide bonds. The highest BCUT2D eigenvalue weighted by molar-refractivity contribution is 7.13. The molecule has 0 N–H and O–H groups in total. The molecule has 21 heavy (non-hydrogen) atoms. The molecule has 0 aromatic carbocycles. The Bertz CT molecular complexity index is 596. The molecule has 1 atom stereocenters. The lowest BCUT2D eigenvalue weighted by Gasteiger charge is -2.32. The van der Waals surface area contributed by atoms with Crippen LogP contribution in [0.4, 0.5) is 0 Å². The number of ether oxygens (including phenoxy) is 1. The summed E-state index contributed by atoms with van der Waals surface area (Å²) >= 11 is 1.56. The lowest BCUT2D eigenvalue weighted by molar-refractivity contribution is -0.148. The Morgan fingerprint density at radius 1 is 1.52 bits per heavy atom. The number of carbonyl (C=O) groups excluding carboxylic acids is 1. The van der Waals surface area contributed by atoms with E-state index in [9.17, 15) is 4.79 Å². The summed E-state index contributed by atoms with van der Waals surface area (Å²) in [5.41, 5.74) is 0. The first-order valence-corrected chi connectivity index (χ1v) is 7.84. The molecular weight excluding hydrogens is 290 g/mol. The predicted octanol–water partition coefficient (Wildman–Crippen LogP) is 2.33. The van der Waals surface area contributed by atoms with Crippen molar-refractivity contribution >= 4 is 17.3 Å². The van der Waals surface area contributed by atoms with E-state index in [1.807, 2.05) is 17.5 Å². The third-order valence-electron chi connectivity index (χ3n) is 3.62. The van der Waals surface area contributed by atoms with Gasteiger partial charge in [-0.3, -0.25) is 9.69 Å². The number of thiophene rings is 1. The third kappa shape index (κ3) is 3.14. The Labute approximate surface area is 126 Å². The smallest absolute Gasteiger partial charge is 0.323 e. The van der Waals surface area contributed by atoms with E-state index in [0.29, 0.717) is 18.3 Å². The van der Waals surface area contributed by atoms with Crippen molar-refractivity contribution in [1.29, 1.82) is 0 Å². The van der Waals surface area contributed by atoms with Crippen LogP contribution in [-0.2, 0) is 16.1 Å². The van der Waals surface area contributed by atoms with E-state index in [2.05, 4.69) is 15.1 Å². The van der Waals surface area contributed by atoms with Crippen molar-refractivity contribution in [3.63, 3.8) is 0 Å². The van der Waals surface area contributed by atoms with Gasteiger partial charge in [-0.2, -0.15) is 0 Å². The van der Waals surface area contributed by atoms with Gasteiger partial charge in [-0.05, 0) is 30.8 Å². The topological polar surface area (TPSA) is 68.5 Å². The zero-order valence-electron chi connectivity index (χ0n) is 11.8. The average Bonchev–Trinajstić information content (AvgIpc) is 3.18. The van der Waals surface area contributed by atoms with Crippen LogP contribution in [-0.4, -0.2) is 40.8 Å². The number of likely N-dealkylation sites (tertiary alicyclic amines) is 1. The summed E-state index contributed by atoms with van der Waals surface area (Å²) in [6.07, 6.45) is 2.93. The monoisotopic (exact) mass is 307 g/mol. The first kappa shape index (κ1) is 14.2. The summed E-state index contributed by atoms with van der Waals surface area (Å²) in [5, 5.41) is 10.1. The van der Waals surface area contributed by atoms with Crippen LogP contribution in [0.3, 0.4) is 0 Å². The molecule has 6 nitrogen and oxygen atoms in total. The van der Waals surface area contributed by atoms with Gasteiger partial charge in [0, 0.05) is 0 Å². The van der Waals surface area contributed by atoms with E-state index >= 15 is 0 Å². The molecule has 0 unspecified atom stereocenters. The van der Waals surface area contributed by atoms with E-state index < -0.39 is 0 Å². The summed E-state index contributed by atoms with van der Waals surface area (Å²) in [6.45, 7) is 1.33. The van der Waals surface area contributed by atoms with Crippen LogP contribution in [0.15, 0.2) is 21.9 Å². The van der Waals surface area contributed by atoms with Gasteiger partial charge in [-0.1, -0.05) is 12.5 Å². The number of rotatable bonds is 4. The van der Waals surface area contributed by atoms with Crippen LogP contribution in [0, 0.1) is 0 Å². The Balaban J connectivity index is 1.71. The van der Waals surface area contributed by atoms with E-state index in [4.69, 9.17) is 9.15 Å². The molecule has 0 radical (unpaired) electrons. The fraction of sp³-hybridized carbons (Fsp3) is 0.500. The lowest BCUT2D eigenvalue weighted by atomic mass is 10.0. The minimum absolute atomic E-state index is 0.187. The number of hydrogen-bond donors (Lipinski definition) is 0. The summed E-state index contributed by atoms with van der Waals surface area (Å²) < 4.78 is 10.6. The second-order valence-electron chi connectivity index (χ2n) is 4.98. The number of carbonyl (C=O) groups is 1. The maximum absolute atomic E-state index is 11.8. The fourth-order valence-corrected chi connectivity index (χ4v) is 3.22. The Kier molecular flexibility index (Phi) is 4.31. The van der Waals surface area contributed by atoms with Crippen molar-refractivity contribution in [3.8, 4) is 10.8 Å². The van der Waals surface area contributed by atoms with Crippen LogP contribution in [0.25, 0.3) is 10.8 Å². The fourth-order valence-electron chi connectivity index (χ4n) is 2.57. The minimum Gasteiger partial charge on any atom is -0.468 e. The highest BCUT2D eigenvalue weighted by atomic mass is 32.1. The number of piperidine rings is 1. The minimum atomic E-state index is -0.208. The average molecular weight is 307 g/mol. The van der Waals surface area contributed by atoms with Gasteiger partial charge < -0.3 is 9.15 Å². The largest absolute Gasteiger partial charge is 0.468 e. The quantitative estimate of drug-likeness (QED) is 0.808. The zero-order valence-corrected chi connectivity index (χ0v) is 12.6. The molecule has 0 spiro atoms. The van der Waals surface area contributed by atoms with Crippen LogP contribution in [0.2, 0.25) is 0 Å². The number of aromatic nitrogens is 2. The molecule has 0 aliphatic carbocycles. The summed E-state index contributed by atoms with van der Waals surface area (Å²) in [7, 11) is 1.43. The summed E-state index contributed by atoms with van der Waals surface area (Å²) in [6, 6.07) is 3.68. The molecule has 1 fully saturated rings. The SMILES string of the molecule is COC(=O)[C@H]1CCCCN1Cc1nnc(-c2cccs2)o1. The molecule has 1 aliphatic heterocycles. The molecular formula is C14H17N3O3S. The number of hydrogen-bond acceptors (Lipinski definition) is 7. The normalized spacial score (nSPS) is 19.6. The lowest BCUT2D eigenvalue weighted by Crippen LogP contribution is -2.44. The van der Waals surface area contributed by atoms with E-state index in [-0.39, 0.29) is 12.0 Å². The number of esters is 1. The van der Waals surface area contributed by atoms with E-state index in [1.54, 1.807) is 11.3 Å². The Morgan fingerprint density at radius 3 is 3.19 bits per heavy atom. The molecule has 1 aliphatic rings. The van der Waals surface area contributed by atoms with Gasteiger partial charge in [0.05, 0.1) is 18.5 Å². The van der Waals surface area contributed by atoms with Crippen LogP contribution >= 0.6 is 11.3 Å². The standard InChI is InChI=1S/C14H17N3O3S/c1-19-14(18)10-5-2-3-7-17(10)9-12-15-16-13(20-12)11-6-4-8-21-11/h4,6,8,10H,2-3,5,7,9H2,1H3/t10-/m1/s1. The predicted molar refractivity (Wildman–Crippen MR) is 77.7 cm³/mol. The highest BCUT2D eigenvalue weighted by Gasteiger charge is 2.30. The Hall–Kier alpha value is -1.73. The summed E-state index contributed by atoms with van der Waals surface area (Å²) in [4.78, 5) is 14.8. The van der Waals surface area contributed by atoms with Crippen molar-refractivity contribution in [3.05, 3.63) is 23.4 Å². The van der Waals surface area contributed by atoms with Crippen molar-refractivity contribution in [2.24, 2.45) is 0 Å². The maximum Gasteiger partial charge on any atom is 0.323 e. The second-order valence-corrected chi connectivity index (χ2v) is 5.93. The van der Waals surface area contributed by atoms with Gasteiger partial charge in [0.2, 0.25) is 5.89 Å². The highest BCUT2D eigenvalue weighted by Crippen LogP contribution is 2.25. The number of methoxy groups -OCH3 is 1. The van der Waals surface area contributed by atoms with Crippen molar-refractivity contribution < 1.29 is 13.9 Å².